The molecular weight excluding hydrogens is 124 g/mol. The Kier molecular flexibility index (Phi) is 2.72. The van der Waals surface area contributed by atoms with E-state index in [1.165, 1.54) is 12.3 Å². The monoisotopic (exact) mass is 140 g/mol. The standard InChI is InChI=1S/C8H16N2/c1-7(2)6-10-8-4-3-5-9-8/h7H,3-6H2,1-2H3,(H,9,10). The molecule has 0 bridgehead atoms. The predicted molar refractivity (Wildman–Crippen MR) is 44.4 cm³/mol. The summed E-state index contributed by atoms with van der Waals surface area (Å²) in [5.41, 5.74) is 0. The summed E-state index contributed by atoms with van der Waals surface area (Å²) in [5.74, 6) is 1.94. The van der Waals surface area contributed by atoms with Crippen molar-refractivity contribution in [3.8, 4) is 0 Å². The molecule has 0 spiro atoms. The SMILES string of the molecule is CC(C)CNC1=NCCC1. The molecule has 1 aliphatic heterocycles. The molecule has 0 radical (unpaired) electrons. The summed E-state index contributed by atoms with van der Waals surface area (Å²) in [5, 5.41) is 3.33. The molecule has 0 atom stereocenters. The molecule has 2 heteroatoms. The second kappa shape index (κ2) is 3.59. The first-order chi connectivity index (χ1) is 4.79. The Bertz CT molecular complexity index is 127. The van der Waals surface area contributed by atoms with Gasteiger partial charge in [-0.1, -0.05) is 13.8 Å². The summed E-state index contributed by atoms with van der Waals surface area (Å²) in [6, 6.07) is 0. The van der Waals surface area contributed by atoms with Crippen molar-refractivity contribution in [3.05, 3.63) is 0 Å². The van der Waals surface area contributed by atoms with Crippen molar-refractivity contribution in [2.24, 2.45) is 10.9 Å². The Morgan fingerprint density at radius 2 is 2.40 bits per heavy atom. The molecule has 58 valence electrons. The van der Waals surface area contributed by atoms with Crippen molar-refractivity contribution < 1.29 is 0 Å². The fourth-order valence-corrected chi connectivity index (χ4v) is 1.01. The third kappa shape index (κ3) is 2.38. The lowest BCUT2D eigenvalue weighted by Gasteiger charge is -2.07. The van der Waals surface area contributed by atoms with Crippen LogP contribution in [0.25, 0.3) is 0 Å². The first kappa shape index (κ1) is 7.58. The van der Waals surface area contributed by atoms with Crippen molar-refractivity contribution >= 4 is 5.84 Å². The minimum atomic E-state index is 0.725. The maximum Gasteiger partial charge on any atom is 0.0963 e. The van der Waals surface area contributed by atoms with E-state index in [2.05, 4.69) is 24.2 Å². The van der Waals surface area contributed by atoms with Crippen LogP contribution in [0, 0.1) is 5.92 Å². The maximum absolute atomic E-state index is 4.31. The van der Waals surface area contributed by atoms with Crippen LogP contribution in [0.4, 0.5) is 0 Å². The van der Waals surface area contributed by atoms with Gasteiger partial charge in [0.05, 0.1) is 5.84 Å². The van der Waals surface area contributed by atoms with Gasteiger partial charge < -0.3 is 5.32 Å². The second-order valence-electron chi connectivity index (χ2n) is 3.21. The Balaban J connectivity index is 2.13. The molecule has 0 aromatic rings. The largest absolute Gasteiger partial charge is 0.374 e. The molecule has 0 unspecified atom stereocenters. The van der Waals surface area contributed by atoms with Crippen LogP contribution in [0.2, 0.25) is 0 Å². The summed E-state index contributed by atoms with van der Waals surface area (Å²) in [7, 11) is 0. The van der Waals surface area contributed by atoms with Gasteiger partial charge in [0.1, 0.15) is 0 Å². The lowest BCUT2D eigenvalue weighted by Crippen LogP contribution is -2.25. The van der Waals surface area contributed by atoms with Crippen LogP contribution in [-0.2, 0) is 0 Å². The Morgan fingerprint density at radius 1 is 1.60 bits per heavy atom. The molecule has 0 aliphatic carbocycles. The van der Waals surface area contributed by atoms with E-state index in [4.69, 9.17) is 0 Å². The molecule has 1 rings (SSSR count). The van der Waals surface area contributed by atoms with E-state index in [0.29, 0.717) is 0 Å². The minimum Gasteiger partial charge on any atom is -0.374 e. The lowest BCUT2D eigenvalue weighted by molar-refractivity contribution is 0.622. The number of nitrogens with zero attached hydrogens (tertiary/aromatic N) is 1. The average Bonchev–Trinajstić information content (AvgIpc) is 2.34. The minimum absolute atomic E-state index is 0.725. The number of hydrogen-bond acceptors (Lipinski definition) is 2. The predicted octanol–water partition coefficient (Wildman–Crippen LogP) is 1.42. The van der Waals surface area contributed by atoms with Gasteiger partial charge in [0.15, 0.2) is 0 Å². The molecule has 0 aromatic carbocycles. The summed E-state index contributed by atoms with van der Waals surface area (Å²) in [4.78, 5) is 4.31. The first-order valence-corrected chi connectivity index (χ1v) is 4.06. The summed E-state index contributed by atoms with van der Waals surface area (Å²) < 4.78 is 0. The highest BCUT2D eigenvalue weighted by Gasteiger charge is 2.04. The van der Waals surface area contributed by atoms with Crippen LogP contribution in [-0.4, -0.2) is 18.9 Å². The maximum atomic E-state index is 4.31. The smallest absolute Gasteiger partial charge is 0.0963 e. The second-order valence-corrected chi connectivity index (χ2v) is 3.21. The third-order valence-electron chi connectivity index (χ3n) is 1.59. The molecule has 2 nitrogen and oxygen atoms in total. The summed E-state index contributed by atoms with van der Waals surface area (Å²) in [6.45, 7) is 6.52. The van der Waals surface area contributed by atoms with E-state index in [0.717, 1.165) is 25.4 Å². The van der Waals surface area contributed by atoms with Crippen molar-refractivity contribution in [2.75, 3.05) is 13.1 Å². The number of rotatable bonds is 2. The Labute approximate surface area is 62.7 Å². The van der Waals surface area contributed by atoms with E-state index in [1.807, 2.05) is 0 Å². The quantitative estimate of drug-likeness (QED) is 0.616. The summed E-state index contributed by atoms with van der Waals surface area (Å²) >= 11 is 0. The zero-order valence-electron chi connectivity index (χ0n) is 6.85. The van der Waals surface area contributed by atoms with Crippen LogP contribution in [0.15, 0.2) is 4.99 Å². The Morgan fingerprint density at radius 3 is 2.90 bits per heavy atom. The van der Waals surface area contributed by atoms with Crippen LogP contribution in [0.1, 0.15) is 26.7 Å². The number of nitrogens with one attached hydrogen (secondary N) is 1. The lowest BCUT2D eigenvalue weighted by atomic mass is 10.2. The fraction of sp³-hybridized carbons (Fsp3) is 0.875. The van der Waals surface area contributed by atoms with Gasteiger partial charge in [-0.3, -0.25) is 4.99 Å². The Hall–Kier alpha value is -0.530. The first-order valence-electron chi connectivity index (χ1n) is 4.06. The van der Waals surface area contributed by atoms with Gasteiger partial charge in [-0.05, 0) is 12.3 Å². The molecule has 1 N–H and O–H groups in total. The topological polar surface area (TPSA) is 24.4 Å². The number of hydrogen-bond donors (Lipinski definition) is 1. The highest BCUT2D eigenvalue weighted by molar-refractivity contribution is 5.83. The molecule has 10 heavy (non-hydrogen) atoms. The molecule has 1 heterocycles. The molecule has 0 amide bonds. The van der Waals surface area contributed by atoms with Gasteiger partial charge in [0, 0.05) is 19.5 Å². The highest BCUT2D eigenvalue weighted by atomic mass is 15.0. The van der Waals surface area contributed by atoms with Crippen molar-refractivity contribution in [1.82, 2.24) is 5.32 Å². The van der Waals surface area contributed by atoms with Gasteiger partial charge in [0.25, 0.3) is 0 Å². The zero-order chi connectivity index (χ0) is 7.40. The van der Waals surface area contributed by atoms with Gasteiger partial charge in [-0.25, -0.2) is 0 Å². The van der Waals surface area contributed by atoms with Gasteiger partial charge in [-0.15, -0.1) is 0 Å². The van der Waals surface area contributed by atoms with E-state index >= 15 is 0 Å². The molecular formula is C8H16N2. The fourth-order valence-electron chi connectivity index (χ4n) is 1.01. The molecule has 0 saturated heterocycles. The van der Waals surface area contributed by atoms with Gasteiger partial charge >= 0.3 is 0 Å². The number of aliphatic imine (C=N–C) groups is 1. The molecule has 0 aromatic heterocycles. The van der Waals surface area contributed by atoms with Crippen LogP contribution in [0.3, 0.4) is 0 Å². The van der Waals surface area contributed by atoms with Crippen LogP contribution in [0.5, 0.6) is 0 Å². The number of amidine groups is 1. The molecule has 1 aliphatic rings. The normalized spacial score (nSPS) is 17.7. The third-order valence-corrected chi connectivity index (χ3v) is 1.59. The van der Waals surface area contributed by atoms with Gasteiger partial charge in [0.2, 0.25) is 0 Å². The van der Waals surface area contributed by atoms with Crippen molar-refractivity contribution in [2.45, 2.75) is 26.7 Å². The van der Waals surface area contributed by atoms with Crippen molar-refractivity contribution in [3.63, 3.8) is 0 Å². The molecule has 0 saturated carbocycles. The average molecular weight is 140 g/mol. The van der Waals surface area contributed by atoms with Crippen LogP contribution < -0.4 is 5.32 Å². The highest BCUT2D eigenvalue weighted by Crippen LogP contribution is 2.01. The van der Waals surface area contributed by atoms with E-state index in [9.17, 15) is 0 Å². The zero-order valence-corrected chi connectivity index (χ0v) is 6.85. The van der Waals surface area contributed by atoms with Gasteiger partial charge in [-0.2, -0.15) is 0 Å². The molecule has 0 fully saturated rings. The van der Waals surface area contributed by atoms with E-state index < -0.39 is 0 Å². The summed E-state index contributed by atoms with van der Waals surface area (Å²) in [6.07, 6.45) is 2.40. The van der Waals surface area contributed by atoms with E-state index in [-0.39, 0.29) is 0 Å². The van der Waals surface area contributed by atoms with Crippen molar-refractivity contribution in [1.29, 1.82) is 0 Å². The van der Waals surface area contributed by atoms with Crippen LogP contribution >= 0.6 is 0 Å². The van der Waals surface area contributed by atoms with E-state index in [1.54, 1.807) is 0 Å².